The third-order valence-corrected chi connectivity index (χ3v) is 3.81. The fourth-order valence-corrected chi connectivity index (χ4v) is 3.16. The van der Waals surface area contributed by atoms with Crippen molar-refractivity contribution in [2.45, 2.75) is 25.7 Å². The summed E-state index contributed by atoms with van der Waals surface area (Å²) in [6.45, 7) is 1.64. The van der Waals surface area contributed by atoms with Crippen LogP contribution in [0.15, 0.2) is 42.5 Å². The van der Waals surface area contributed by atoms with Crippen molar-refractivity contribution in [1.82, 2.24) is 0 Å². The highest BCUT2D eigenvalue weighted by molar-refractivity contribution is 5.97. The van der Waals surface area contributed by atoms with E-state index in [1.54, 1.807) is 6.92 Å². The maximum absolute atomic E-state index is 11.4. The van der Waals surface area contributed by atoms with E-state index < -0.39 is 0 Å². The third kappa shape index (κ3) is 1.66. The molecule has 2 atom stereocenters. The minimum Gasteiger partial charge on any atom is -0.295 e. The second-order valence-electron chi connectivity index (χ2n) is 4.94. The molecule has 1 nitrogen and oxygen atoms in total. The molecule has 1 heteroatoms. The van der Waals surface area contributed by atoms with Crippen molar-refractivity contribution in [1.29, 1.82) is 0 Å². The minimum absolute atomic E-state index is 0.157. The van der Waals surface area contributed by atoms with E-state index in [0.717, 1.165) is 12.8 Å². The zero-order chi connectivity index (χ0) is 11.8. The summed E-state index contributed by atoms with van der Waals surface area (Å²) < 4.78 is 0. The second kappa shape index (κ2) is 3.99. The average Bonchev–Trinajstić information content (AvgIpc) is 2.65. The number of hydrogen-bond acceptors (Lipinski definition) is 1. The first-order chi connectivity index (χ1) is 8.27. The summed E-state index contributed by atoms with van der Waals surface area (Å²) in [6.07, 6.45) is 8.71. The van der Waals surface area contributed by atoms with Crippen molar-refractivity contribution in [2.24, 2.45) is 5.92 Å². The Bertz CT molecular complexity index is 522. The summed E-state index contributed by atoms with van der Waals surface area (Å²) in [7, 11) is 0. The van der Waals surface area contributed by atoms with Crippen molar-refractivity contribution >= 4 is 11.4 Å². The molecule has 17 heavy (non-hydrogen) atoms. The Morgan fingerprint density at radius 1 is 1.35 bits per heavy atom. The van der Waals surface area contributed by atoms with Crippen LogP contribution in [0.1, 0.15) is 36.8 Å². The Balaban J connectivity index is 2.17. The number of carbonyl (C=O) groups excluding carboxylic acids is 1. The molecule has 0 radical (unpaired) electrons. The van der Waals surface area contributed by atoms with Crippen LogP contribution in [0.5, 0.6) is 0 Å². The molecule has 0 bridgehead atoms. The third-order valence-electron chi connectivity index (χ3n) is 3.81. The summed E-state index contributed by atoms with van der Waals surface area (Å²) in [5, 5.41) is 0. The van der Waals surface area contributed by atoms with E-state index >= 15 is 0 Å². The van der Waals surface area contributed by atoms with Gasteiger partial charge in [-0.25, -0.2) is 0 Å². The van der Waals surface area contributed by atoms with Crippen LogP contribution in [0.4, 0.5) is 0 Å². The lowest BCUT2D eigenvalue weighted by Crippen LogP contribution is -2.08. The van der Waals surface area contributed by atoms with Gasteiger partial charge < -0.3 is 0 Å². The highest BCUT2D eigenvalue weighted by Crippen LogP contribution is 2.50. The molecule has 0 aliphatic heterocycles. The summed E-state index contributed by atoms with van der Waals surface area (Å²) in [6, 6.07) is 8.50. The molecular weight excluding hydrogens is 208 g/mol. The highest BCUT2D eigenvalue weighted by atomic mass is 16.1. The van der Waals surface area contributed by atoms with E-state index in [1.807, 2.05) is 6.08 Å². The normalized spacial score (nSPS) is 27.9. The van der Waals surface area contributed by atoms with Gasteiger partial charge in [-0.1, -0.05) is 36.4 Å². The van der Waals surface area contributed by atoms with Gasteiger partial charge in [0.05, 0.1) is 0 Å². The summed E-state index contributed by atoms with van der Waals surface area (Å²) in [5.41, 5.74) is 3.92. The molecule has 0 fully saturated rings. The summed E-state index contributed by atoms with van der Waals surface area (Å²) >= 11 is 0. The molecule has 0 aromatic heterocycles. The first-order valence-electron chi connectivity index (χ1n) is 6.25. The SMILES string of the molecule is CC(=O)/C=C1/c2ccccc2C2C=CCCC12. The molecule has 1 aromatic carbocycles. The topological polar surface area (TPSA) is 17.1 Å². The van der Waals surface area contributed by atoms with E-state index in [4.69, 9.17) is 0 Å². The monoisotopic (exact) mass is 224 g/mol. The molecule has 0 N–H and O–H groups in total. The van der Waals surface area contributed by atoms with Gasteiger partial charge in [-0.2, -0.15) is 0 Å². The Kier molecular flexibility index (Phi) is 2.47. The van der Waals surface area contributed by atoms with Gasteiger partial charge in [0.1, 0.15) is 0 Å². The maximum Gasteiger partial charge on any atom is 0.152 e. The Morgan fingerprint density at radius 2 is 2.18 bits per heavy atom. The predicted molar refractivity (Wildman–Crippen MR) is 69.7 cm³/mol. The first-order valence-corrected chi connectivity index (χ1v) is 6.25. The van der Waals surface area contributed by atoms with Crippen molar-refractivity contribution in [2.75, 3.05) is 0 Å². The van der Waals surface area contributed by atoms with Gasteiger partial charge in [0.25, 0.3) is 0 Å². The van der Waals surface area contributed by atoms with Crippen LogP contribution >= 0.6 is 0 Å². The molecule has 3 rings (SSSR count). The fraction of sp³-hybridized carbons (Fsp3) is 0.312. The zero-order valence-corrected chi connectivity index (χ0v) is 10.0. The molecule has 1 aromatic rings. The quantitative estimate of drug-likeness (QED) is 0.525. The molecule has 86 valence electrons. The number of rotatable bonds is 1. The van der Waals surface area contributed by atoms with Gasteiger partial charge in [0.2, 0.25) is 0 Å². The molecule has 0 amide bonds. The van der Waals surface area contributed by atoms with Gasteiger partial charge in [0, 0.05) is 5.92 Å². The van der Waals surface area contributed by atoms with Crippen LogP contribution in [0.25, 0.3) is 5.57 Å². The van der Waals surface area contributed by atoms with Gasteiger partial charge in [0.15, 0.2) is 5.78 Å². The summed E-state index contributed by atoms with van der Waals surface area (Å²) in [4.78, 5) is 11.4. The molecule has 2 aliphatic carbocycles. The van der Waals surface area contributed by atoms with Crippen molar-refractivity contribution in [3.63, 3.8) is 0 Å². The van der Waals surface area contributed by atoms with Gasteiger partial charge in [-0.05, 0) is 48.5 Å². The lowest BCUT2D eigenvalue weighted by Gasteiger charge is -2.21. The lowest BCUT2D eigenvalue weighted by molar-refractivity contribution is -0.112. The molecular formula is C16H16O. The van der Waals surface area contributed by atoms with E-state index in [9.17, 15) is 4.79 Å². The van der Waals surface area contributed by atoms with E-state index in [-0.39, 0.29) is 5.78 Å². The standard InChI is InChI=1S/C16H16O/c1-11(17)10-16-14-8-4-2-6-12(14)13-7-3-5-9-15(13)16/h2-4,6-8,10,13,15H,5,9H2,1H3/b16-10-. The number of ketones is 1. The smallest absolute Gasteiger partial charge is 0.152 e. The van der Waals surface area contributed by atoms with Gasteiger partial charge in [-0.15, -0.1) is 0 Å². The predicted octanol–water partition coefficient (Wildman–Crippen LogP) is 3.72. The van der Waals surface area contributed by atoms with Gasteiger partial charge in [-0.3, -0.25) is 4.79 Å². The molecule has 2 unspecified atom stereocenters. The number of hydrogen-bond donors (Lipinski definition) is 0. The second-order valence-corrected chi connectivity index (χ2v) is 4.94. The lowest BCUT2D eigenvalue weighted by atomic mass is 9.82. The Labute approximate surface area is 102 Å². The molecule has 0 heterocycles. The van der Waals surface area contributed by atoms with Crippen LogP contribution < -0.4 is 0 Å². The number of allylic oxidation sites excluding steroid dienone is 4. The van der Waals surface area contributed by atoms with Crippen molar-refractivity contribution in [3.05, 3.63) is 53.6 Å². The minimum atomic E-state index is 0.157. The molecule has 2 aliphatic rings. The first kappa shape index (κ1) is 10.5. The summed E-state index contributed by atoms with van der Waals surface area (Å²) in [5.74, 6) is 1.16. The van der Waals surface area contributed by atoms with E-state index in [0.29, 0.717) is 11.8 Å². The number of carbonyl (C=O) groups is 1. The molecule has 0 saturated heterocycles. The van der Waals surface area contributed by atoms with E-state index in [1.165, 1.54) is 16.7 Å². The zero-order valence-electron chi connectivity index (χ0n) is 10.0. The Hall–Kier alpha value is -1.63. The molecule has 0 saturated carbocycles. The van der Waals surface area contributed by atoms with Crippen LogP contribution in [0.3, 0.4) is 0 Å². The molecule has 0 spiro atoms. The number of fused-ring (bicyclic) bond motifs is 3. The van der Waals surface area contributed by atoms with Crippen LogP contribution in [0, 0.1) is 5.92 Å². The highest BCUT2D eigenvalue weighted by Gasteiger charge is 2.35. The Morgan fingerprint density at radius 3 is 3.00 bits per heavy atom. The van der Waals surface area contributed by atoms with Crippen LogP contribution in [-0.4, -0.2) is 5.78 Å². The average molecular weight is 224 g/mol. The van der Waals surface area contributed by atoms with E-state index in [2.05, 4.69) is 36.4 Å². The number of benzene rings is 1. The largest absolute Gasteiger partial charge is 0.295 e. The van der Waals surface area contributed by atoms with Gasteiger partial charge >= 0.3 is 0 Å². The van der Waals surface area contributed by atoms with Crippen molar-refractivity contribution in [3.8, 4) is 0 Å². The fourth-order valence-electron chi connectivity index (χ4n) is 3.16. The van der Waals surface area contributed by atoms with Crippen LogP contribution in [0.2, 0.25) is 0 Å². The van der Waals surface area contributed by atoms with Crippen LogP contribution in [-0.2, 0) is 4.79 Å². The maximum atomic E-state index is 11.4. The van der Waals surface area contributed by atoms with Crippen molar-refractivity contribution < 1.29 is 4.79 Å².